The first kappa shape index (κ1) is 33.0. The molecule has 2 fully saturated rings. The molecule has 248 valence electrons. The van der Waals surface area contributed by atoms with Gasteiger partial charge in [-0.05, 0) is 73.3 Å². The van der Waals surface area contributed by atoms with Crippen molar-refractivity contribution in [1.29, 1.82) is 0 Å². The first-order valence-electron chi connectivity index (χ1n) is 16.9. The van der Waals surface area contributed by atoms with E-state index in [0.717, 1.165) is 36.4 Å². The predicted molar refractivity (Wildman–Crippen MR) is 186 cm³/mol. The molecular weight excluding hydrogens is 612 g/mol. The Morgan fingerprint density at radius 2 is 1.53 bits per heavy atom. The number of benzene rings is 3. The van der Waals surface area contributed by atoms with Gasteiger partial charge in [-0.3, -0.25) is 14.4 Å². The number of carbonyl (C=O) groups excluding carboxylic acids is 3. The topological polar surface area (TPSA) is 97.0 Å². The Morgan fingerprint density at radius 3 is 2.30 bits per heavy atom. The minimum absolute atomic E-state index is 0.0687. The standard InChI is InChI=1S/C37H45ClN6O3/c38-30-14-12-27(13-15-30)24-33(41-36(46)32-25-28-8-2-3-9-29(28)26-40-32)37(47)44-22-20-43(21-23-44)34-11-5-4-10-31(34)35(45)39-16-19-42-17-6-1-7-18-42/h2-5,8-15,32-33,40H,1,6-7,16-26H2,(H,39,45)(H,41,46)/t32-,33+/m0/s1. The van der Waals surface area contributed by atoms with E-state index in [2.05, 4.69) is 37.9 Å². The van der Waals surface area contributed by atoms with Crippen molar-refractivity contribution >= 4 is 35.0 Å². The zero-order valence-electron chi connectivity index (χ0n) is 26.9. The predicted octanol–water partition coefficient (Wildman–Crippen LogP) is 3.65. The van der Waals surface area contributed by atoms with Crippen LogP contribution in [0.4, 0.5) is 5.69 Å². The quantitative estimate of drug-likeness (QED) is 0.309. The highest BCUT2D eigenvalue weighted by Gasteiger charge is 2.32. The van der Waals surface area contributed by atoms with Crippen molar-refractivity contribution in [2.75, 3.05) is 57.3 Å². The van der Waals surface area contributed by atoms with Gasteiger partial charge in [-0.2, -0.15) is 0 Å². The second kappa shape index (κ2) is 15.8. The Kier molecular flexibility index (Phi) is 11.1. The number of fused-ring (bicyclic) bond motifs is 1. The average molecular weight is 657 g/mol. The molecule has 3 N–H and O–H groups in total. The number of likely N-dealkylation sites (tertiary alicyclic amines) is 1. The molecular formula is C37H45ClN6O3. The van der Waals surface area contributed by atoms with Crippen molar-refractivity contribution < 1.29 is 14.4 Å². The summed E-state index contributed by atoms with van der Waals surface area (Å²) in [4.78, 5) is 47.2. The second-order valence-electron chi connectivity index (χ2n) is 12.8. The maximum atomic E-state index is 14.0. The van der Waals surface area contributed by atoms with E-state index in [1.165, 1.54) is 24.8 Å². The number of nitrogens with zero attached hydrogens (tertiary/aromatic N) is 3. The summed E-state index contributed by atoms with van der Waals surface area (Å²) in [5, 5.41) is 10.2. The largest absolute Gasteiger partial charge is 0.367 e. The average Bonchev–Trinajstić information content (AvgIpc) is 3.12. The van der Waals surface area contributed by atoms with Gasteiger partial charge in [0.15, 0.2) is 0 Å². The number of hydrogen-bond acceptors (Lipinski definition) is 6. The molecule has 0 radical (unpaired) electrons. The SMILES string of the molecule is O=C(NCCN1CCCCC1)c1ccccc1N1CCN(C(=O)[C@@H](Cc2ccc(Cl)cc2)NC(=O)[C@@H]2Cc3ccccc3CN2)CC1. The second-order valence-corrected chi connectivity index (χ2v) is 13.2. The van der Waals surface area contributed by atoms with E-state index in [-0.39, 0.29) is 17.7 Å². The van der Waals surface area contributed by atoms with Gasteiger partial charge in [0.2, 0.25) is 11.8 Å². The highest BCUT2D eigenvalue weighted by atomic mass is 35.5. The lowest BCUT2D eigenvalue weighted by Crippen LogP contribution is -2.58. The van der Waals surface area contributed by atoms with Gasteiger partial charge in [0.25, 0.3) is 5.91 Å². The van der Waals surface area contributed by atoms with Crippen molar-refractivity contribution in [2.45, 2.75) is 50.7 Å². The van der Waals surface area contributed by atoms with Crippen molar-refractivity contribution in [3.05, 3.63) is 100 Å². The molecule has 9 nitrogen and oxygen atoms in total. The van der Waals surface area contributed by atoms with Crippen LogP contribution in [0.1, 0.15) is 46.3 Å². The molecule has 2 saturated heterocycles. The third-order valence-electron chi connectivity index (χ3n) is 9.61. The van der Waals surface area contributed by atoms with Crippen LogP contribution in [0.15, 0.2) is 72.8 Å². The van der Waals surface area contributed by atoms with E-state index in [1.54, 1.807) is 12.1 Å². The summed E-state index contributed by atoms with van der Waals surface area (Å²) in [6.07, 6.45) is 4.69. The summed E-state index contributed by atoms with van der Waals surface area (Å²) in [7, 11) is 0. The zero-order chi connectivity index (χ0) is 32.6. The van der Waals surface area contributed by atoms with Gasteiger partial charge in [0, 0.05) is 62.9 Å². The van der Waals surface area contributed by atoms with Crippen LogP contribution in [0.2, 0.25) is 5.02 Å². The Hall–Kier alpha value is -3.92. The highest BCUT2D eigenvalue weighted by Crippen LogP contribution is 2.23. The smallest absolute Gasteiger partial charge is 0.253 e. The molecule has 0 unspecified atom stereocenters. The van der Waals surface area contributed by atoms with Crippen LogP contribution in [0.5, 0.6) is 0 Å². The zero-order valence-corrected chi connectivity index (χ0v) is 27.7. The van der Waals surface area contributed by atoms with E-state index in [4.69, 9.17) is 11.6 Å². The number of anilines is 1. The van der Waals surface area contributed by atoms with Crippen molar-refractivity contribution in [2.24, 2.45) is 0 Å². The minimum Gasteiger partial charge on any atom is -0.367 e. The molecule has 47 heavy (non-hydrogen) atoms. The third-order valence-corrected chi connectivity index (χ3v) is 9.86. The van der Waals surface area contributed by atoms with Gasteiger partial charge in [-0.25, -0.2) is 0 Å². The highest BCUT2D eigenvalue weighted by molar-refractivity contribution is 6.30. The summed E-state index contributed by atoms with van der Waals surface area (Å²) in [6.45, 7) is 6.48. The molecule has 0 saturated carbocycles. The molecule has 0 aliphatic carbocycles. The molecule has 0 spiro atoms. The number of para-hydroxylation sites is 1. The normalized spacial score (nSPS) is 19.0. The van der Waals surface area contributed by atoms with E-state index in [1.807, 2.05) is 53.4 Å². The van der Waals surface area contributed by atoms with Crippen LogP contribution < -0.4 is 20.9 Å². The first-order chi connectivity index (χ1) is 22.9. The molecule has 3 aliphatic rings. The summed E-state index contributed by atoms with van der Waals surface area (Å²) in [6, 6.07) is 22.1. The molecule has 10 heteroatoms. The Morgan fingerprint density at radius 1 is 0.830 bits per heavy atom. The van der Waals surface area contributed by atoms with Gasteiger partial charge in [-0.1, -0.05) is 66.6 Å². The summed E-state index contributed by atoms with van der Waals surface area (Å²) in [5.74, 6) is -0.348. The van der Waals surface area contributed by atoms with E-state index in [9.17, 15) is 14.4 Å². The lowest BCUT2D eigenvalue weighted by Gasteiger charge is -2.38. The number of halogens is 1. The fourth-order valence-electron chi connectivity index (χ4n) is 6.90. The van der Waals surface area contributed by atoms with Crippen molar-refractivity contribution in [3.8, 4) is 0 Å². The molecule has 3 heterocycles. The maximum absolute atomic E-state index is 14.0. The maximum Gasteiger partial charge on any atom is 0.253 e. The lowest BCUT2D eigenvalue weighted by molar-refractivity contribution is -0.137. The molecule has 3 aromatic carbocycles. The fourth-order valence-corrected chi connectivity index (χ4v) is 7.03. The number of hydrogen-bond donors (Lipinski definition) is 3. The molecule has 0 bridgehead atoms. The van der Waals surface area contributed by atoms with Crippen LogP contribution in [-0.4, -0.2) is 92.0 Å². The van der Waals surface area contributed by atoms with Crippen LogP contribution in [-0.2, 0) is 29.0 Å². The molecule has 3 amide bonds. The number of rotatable bonds is 10. The fraction of sp³-hybridized carbons (Fsp3) is 0.432. The van der Waals surface area contributed by atoms with Crippen LogP contribution in [0.25, 0.3) is 0 Å². The van der Waals surface area contributed by atoms with Crippen LogP contribution in [0, 0.1) is 0 Å². The van der Waals surface area contributed by atoms with Gasteiger partial charge in [0.05, 0.1) is 11.6 Å². The van der Waals surface area contributed by atoms with Crippen LogP contribution >= 0.6 is 11.6 Å². The summed E-state index contributed by atoms with van der Waals surface area (Å²) in [5.41, 5.74) is 4.80. The van der Waals surface area contributed by atoms with Crippen molar-refractivity contribution in [1.82, 2.24) is 25.8 Å². The number of piperazine rings is 1. The Balaban J connectivity index is 1.08. The third kappa shape index (κ3) is 8.52. The van der Waals surface area contributed by atoms with E-state index in [0.29, 0.717) is 62.7 Å². The van der Waals surface area contributed by atoms with Gasteiger partial charge in [0.1, 0.15) is 6.04 Å². The first-order valence-corrected chi connectivity index (χ1v) is 17.3. The summed E-state index contributed by atoms with van der Waals surface area (Å²) >= 11 is 6.13. The van der Waals surface area contributed by atoms with E-state index < -0.39 is 12.1 Å². The van der Waals surface area contributed by atoms with Gasteiger partial charge < -0.3 is 30.7 Å². The molecule has 6 rings (SSSR count). The number of amides is 3. The van der Waals surface area contributed by atoms with Gasteiger partial charge in [-0.15, -0.1) is 0 Å². The van der Waals surface area contributed by atoms with Gasteiger partial charge >= 0.3 is 0 Å². The number of nitrogens with one attached hydrogen (secondary N) is 3. The number of piperidine rings is 1. The molecule has 3 aliphatic heterocycles. The Labute approximate surface area is 282 Å². The summed E-state index contributed by atoms with van der Waals surface area (Å²) < 4.78 is 0. The lowest BCUT2D eigenvalue weighted by atomic mass is 9.95. The Bertz CT molecular complexity index is 1540. The monoisotopic (exact) mass is 656 g/mol. The molecule has 3 aromatic rings. The van der Waals surface area contributed by atoms with Crippen LogP contribution in [0.3, 0.4) is 0 Å². The number of carbonyl (C=O) groups is 3. The molecule has 2 atom stereocenters. The van der Waals surface area contributed by atoms with E-state index >= 15 is 0 Å². The molecule has 0 aromatic heterocycles. The minimum atomic E-state index is -0.716. The van der Waals surface area contributed by atoms with Crippen molar-refractivity contribution in [3.63, 3.8) is 0 Å².